The fourth-order valence-corrected chi connectivity index (χ4v) is 2.84. The second kappa shape index (κ2) is 5.92. The van der Waals surface area contributed by atoms with Crippen LogP contribution in [0, 0.1) is 12.3 Å². The van der Waals surface area contributed by atoms with E-state index in [0.717, 1.165) is 29.3 Å². The predicted octanol–water partition coefficient (Wildman–Crippen LogP) is 5.50. The minimum Gasteiger partial charge on any atom is -0.359 e. The normalized spacial score (nSPS) is 15.3. The molecule has 118 valence electrons. The average Bonchev–Trinajstić information content (AvgIpc) is 2.47. The topological polar surface area (TPSA) is 37.0 Å². The molecule has 2 aromatic rings. The van der Waals surface area contributed by atoms with Gasteiger partial charge in [-0.2, -0.15) is 0 Å². The number of hydrogen-bond donors (Lipinski definition) is 2. The summed E-state index contributed by atoms with van der Waals surface area (Å²) in [6.45, 7) is 10.4. The Morgan fingerprint density at radius 2 is 1.91 bits per heavy atom. The van der Waals surface area contributed by atoms with Crippen LogP contribution >= 0.6 is 0 Å². The smallest absolute Gasteiger partial charge is 0.133 e. The van der Waals surface area contributed by atoms with Crippen LogP contribution in [0.25, 0.3) is 6.08 Å². The molecule has 0 atom stereocenters. The first-order valence-electron chi connectivity index (χ1n) is 7.91. The maximum absolute atomic E-state index is 4.58. The maximum atomic E-state index is 4.58. The minimum atomic E-state index is 0.304. The molecule has 0 spiro atoms. The molecular formula is C20H23N3. The van der Waals surface area contributed by atoms with Crippen molar-refractivity contribution in [2.75, 3.05) is 10.6 Å². The van der Waals surface area contributed by atoms with Crippen molar-refractivity contribution in [1.82, 2.24) is 4.98 Å². The lowest BCUT2D eigenvalue weighted by molar-refractivity contribution is 0.421. The van der Waals surface area contributed by atoms with Crippen molar-refractivity contribution in [3.8, 4) is 0 Å². The number of allylic oxidation sites excluding steroid dienone is 2. The molecule has 3 heteroatoms. The van der Waals surface area contributed by atoms with Crippen LogP contribution in [0.1, 0.15) is 31.5 Å². The highest BCUT2D eigenvalue weighted by molar-refractivity contribution is 5.67. The van der Waals surface area contributed by atoms with Crippen molar-refractivity contribution < 1.29 is 0 Å². The number of hydrogen-bond acceptors (Lipinski definition) is 3. The van der Waals surface area contributed by atoms with Gasteiger partial charge in [0.15, 0.2) is 0 Å². The molecule has 0 aliphatic heterocycles. The molecule has 1 aromatic carbocycles. The standard InChI is InChI=1S/C20H23N3/c1-5-15-10-16(21-17-12-20(3,4)13-17)11-19(22-15)23-18-9-7-6-8-14(18)2/h5-12H,1,13H2,2-4H3,(H2,21,22,23). The lowest BCUT2D eigenvalue weighted by atomic mass is 9.77. The number of aryl methyl sites for hydroxylation is 1. The summed E-state index contributed by atoms with van der Waals surface area (Å²) >= 11 is 0. The summed E-state index contributed by atoms with van der Waals surface area (Å²) < 4.78 is 0. The van der Waals surface area contributed by atoms with E-state index in [-0.39, 0.29) is 0 Å². The summed E-state index contributed by atoms with van der Waals surface area (Å²) in [4.78, 5) is 4.58. The second-order valence-corrected chi connectivity index (χ2v) is 6.77. The molecule has 1 heterocycles. The van der Waals surface area contributed by atoms with E-state index in [4.69, 9.17) is 0 Å². The van der Waals surface area contributed by atoms with Crippen LogP contribution in [0.15, 0.2) is 54.8 Å². The van der Waals surface area contributed by atoms with E-state index in [0.29, 0.717) is 5.41 Å². The molecule has 2 N–H and O–H groups in total. The molecule has 0 amide bonds. The first-order valence-corrected chi connectivity index (χ1v) is 7.91. The van der Waals surface area contributed by atoms with Gasteiger partial charge in [0.1, 0.15) is 5.82 Å². The molecule has 0 saturated carbocycles. The largest absolute Gasteiger partial charge is 0.359 e. The third-order valence-corrected chi connectivity index (χ3v) is 3.98. The van der Waals surface area contributed by atoms with E-state index in [1.54, 1.807) is 6.08 Å². The van der Waals surface area contributed by atoms with Crippen LogP contribution in [-0.4, -0.2) is 4.98 Å². The quantitative estimate of drug-likeness (QED) is 0.765. The van der Waals surface area contributed by atoms with Gasteiger partial charge in [0.2, 0.25) is 0 Å². The summed E-state index contributed by atoms with van der Waals surface area (Å²) in [5, 5.41) is 6.88. The Kier molecular flexibility index (Phi) is 3.95. The molecule has 3 nitrogen and oxygen atoms in total. The molecule has 0 saturated heterocycles. The predicted molar refractivity (Wildman–Crippen MR) is 98.9 cm³/mol. The van der Waals surface area contributed by atoms with Gasteiger partial charge in [0, 0.05) is 23.1 Å². The second-order valence-electron chi connectivity index (χ2n) is 6.77. The number of nitrogens with zero attached hydrogens (tertiary/aromatic N) is 1. The molecule has 23 heavy (non-hydrogen) atoms. The Balaban J connectivity index is 1.85. The Morgan fingerprint density at radius 3 is 2.57 bits per heavy atom. The number of benzene rings is 1. The lowest BCUT2D eigenvalue weighted by Crippen LogP contribution is -2.23. The van der Waals surface area contributed by atoms with E-state index in [1.165, 1.54) is 11.3 Å². The molecule has 0 radical (unpaired) electrons. The SMILES string of the molecule is C=Cc1cc(NC2=CC(C)(C)C2)cc(Nc2ccccc2C)n1. The average molecular weight is 305 g/mol. The van der Waals surface area contributed by atoms with Crippen molar-refractivity contribution in [3.05, 3.63) is 66.0 Å². The molecule has 1 aliphatic rings. The van der Waals surface area contributed by atoms with Crippen molar-refractivity contribution >= 4 is 23.3 Å². The van der Waals surface area contributed by atoms with Crippen LogP contribution in [0.2, 0.25) is 0 Å². The Morgan fingerprint density at radius 1 is 1.17 bits per heavy atom. The molecule has 1 aromatic heterocycles. The molecule has 3 rings (SSSR count). The van der Waals surface area contributed by atoms with Gasteiger partial charge < -0.3 is 10.6 Å². The Hall–Kier alpha value is -2.55. The van der Waals surface area contributed by atoms with Gasteiger partial charge in [-0.25, -0.2) is 4.98 Å². The zero-order chi connectivity index (χ0) is 16.4. The fourth-order valence-electron chi connectivity index (χ4n) is 2.84. The maximum Gasteiger partial charge on any atom is 0.133 e. The van der Waals surface area contributed by atoms with Crippen LogP contribution in [-0.2, 0) is 0 Å². The zero-order valence-electron chi connectivity index (χ0n) is 14.0. The number of anilines is 3. The summed E-state index contributed by atoms with van der Waals surface area (Å²) in [5.41, 5.74) is 5.71. The molecular weight excluding hydrogens is 282 g/mol. The van der Waals surface area contributed by atoms with Crippen molar-refractivity contribution in [2.24, 2.45) is 5.41 Å². The fraction of sp³-hybridized carbons (Fsp3) is 0.250. The molecule has 0 unspecified atom stereocenters. The van der Waals surface area contributed by atoms with Gasteiger partial charge in [-0.15, -0.1) is 0 Å². The van der Waals surface area contributed by atoms with Crippen LogP contribution < -0.4 is 10.6 Å². The molecule has 1 aliphatic carbocycles. The number of pyridine rings is 1. The van der Waals surface area contributed by atoms with Gasteiger partial charge in [-0.1, -0.05) is 44.7 Å². The Labute approximate surface area is 138 Å². The van der Waals surface area contributed by atoms with Gasteiger partial charge >= 0.3 is 0 Å². The summed E-state index contributed by atoms with van der Waals surface area (Å²) in [5.74, 6) is 0.818. The van der Waals surface area contributed by atoms with Gasteiger partial charge in [0.25, 0.3) is 0 Å². The van der Waals surface area contributed by atoms with Crippen LogP contribution in [0.5, 0.6) is 0 Å². The lowest BCUT2D eigenvalue weighted by Gasteiger charge is -2.33. The summed E-state index contributed by atoms with van der Waals surface area (Å²) in [6.07, 6.45) is 5.11. The van der Waals surface area contributed by atoms with Gasteiger partial charge in [-0.05, 0) is 42.5 Å². The van der Waals surface area contributed by atoms with Crippen molar-refractivity contribution in [2.45, 2.75) is 27.2 Å². The first kappa shape index (κ1) is 15.3. The van der Waals surface area contributed by atoms with Crippen molar-refractivity contribution in [3.63, 3.8) is 0 Å². The van der Waals surface area contributed by atoms with E-state index in [1.807, 2.05) is 24.3 Å². The number of para-hydroxylation sites is 1. The number of aromatic nitrogens is 1. The zero-order valence-corrected chi connectivity index (χ0v) is 14.0. The highest BCUT2D eigenvalue weighted by atomic mass is 15.0. The van der Waals surface area contributed by atoms with Crippen LogP contribution in [0.3, 0.4) is 0 Å². The third-order valence-electron chi connectivity index (χ3n) is 3.98. The molecule has 0 bridgehead atoms. The highest BCUT2D eigenvalue weighted by Gasteiger charge is 2.26. The van der Waals surface area contributed by atoms with Gasteiger partial charge in [-0.3, -0.25) is 0 Å². The van der Waals surface area contributed by atoms with E-state index < -0.39 is 0 Å². The van der Waals surface area contributed by atoms with E-state index in [2.05, 4.69) is 61.2 Å². The van der Waals surface area contributed by atoms with Crippen molar-refractivity contribution in [1.29, 1.82) is 0 Å². The Bertz CT molecular complexity index is 772. The number of nitrogens with one attached hydrogen (secondary N) is 2. The minimum absolute atomic E-state index is 0.304. The van der Waals surface area contributed by atoms with E-state index in [9.17, 15) is 0 Å². The summed E-state index contributed by atoms with van der Waals surface area (Å²) in [7, 11) is 0. The number of rotatable bonds is 5. The first-order chi connectivity index (χ1) is 10.9. The third kappa shape index (κ3) is 3.62. The van der Waals surface area contributed by atoms with Gasteiger partial charge in [0.05, 0.1) is 5.69 Å². The molecule has 0 fully saturated rings. The highest BCUT2D eigenvalue weighted by Crippen LogP contribution is 2.38. The van der Waals surface area contributed by atoms with Crippen LogP contribution in [0.4, 0.5) is 17.2 Å². The summed E-state index contributed by atoms with van der Waals surface area (Å²) in [6, 6.07) is 12.2. The van der Waals surface area contributed by atoms with E-state index >= 15 is 0 Å². The monoisotopic (exact) mass is 305 g/mol.